The minimum Gasteiger partial charge on any atom is -0.484 e. The summed E-state index contributed by atoms with van der Waals surface area (Å²) < 4.78 is 60.8. The SMILES string of the molecule is Cc1ccc(CNC(=O)[C@@H](Cc2ccccc2)N(Cc2ccc(F)cc2)C(=O)COc2ccc(S(=O)(=O)Nc3ccc(F)cc3)cc2)cc1. The average molecular weight is 684 g/mol. The van der Waals surface area contributed by atoms with E-state index in [-0.39, 0.29) is 41.7 Å². The Balaban J connectivity index is 1.34. The highest BCUT2D eigenvalue weighted by Gasteiger charge is 2.31. The third kappa shape index (κ3) is 9.97. The zero-order chi connectivity index (χ0) is 34.8. The summed E-state index contributed by atoms with van der Waals surface area (Å²) in [6.45, 7) is 1.77. The Bertz CT molecular complexity index is 1960. The van der Waals surface area contributed by atoms with Crippen molar-refractivity contribution in [3.8, 4) is 5.75 Å². The van der Waals surface area contributed by atoms with Gasteiger partial charge >= 0.3 is 0 Å². The van der Waals surface area contributed by atoms with Crippen LogP contribution in [0.5, 0.6) is 5.75 Å². The molecule has 2 N–H and O–H groups in total. The van der Waals surface area contributed by atoms with Crippen LogP contribution in [-0.2, 0) is 39.1 Å². The van der Waals surface area contributed by atoms with Crippen LogP contribution in [-0.4, -0.2) is 37.8 Å². The van der Waals surface area contributed by atoms with Gasteiger partial charge in [-0.15, -0.1) is 0 Å². The Labute approximate surface area is 284 Å². The summed E-state index contributed by atoms with van der Waals surface area (Å²) >= 11 is 0. The maximum atomic E-state index is 13.9. The highest BCUT2D eigenvalue weighted by Crippen LogP contribution is 2.21. The van der Waals surface area contributed by atoms with E-state index >= 15 is 0 Å². The largest absolute Gasteiger partial charge is 0.484 e. The molecule has 5 aromatic rings. The topological polar surface area (TPSA) is 105 Å². The molecule has 5 aromatic carbocycles. The van der Waals surface area contributed by atoms with Gasteiger partial charge in [0.25, 0.3) is 15.9 Å². The first-order valence-corrected chi connectivity index (χ1v) is 17.0. The average Bonchev–Trinajstić information content (AvgIpc) is 3.10. The summed E-state index contributed by atoms with van der Waals surface area (Å²) in [5.41, 5.74) is 3.63. The Morgan fingerprint density at radius 2 is 1.33 bits per heavy atom. The molecule has 5 rings (SSSR count). The number of nitrogens with zero attached hydrogens (tertiary/aromatic N) is 1. The summed E-state index contributed by atoms with van der Waals surface area (Å²) in [5, 5.41) is 2.97. The van der Waals surface area contributed by atoms with Gasteiger partial charge in [-0.2, -0.15) is 0 Å². The third-order valence-electron chi connectivity index (χ3n) is 7.72. The third-order valence-corrected chi connectivity index (χ3v) is 9.11. The number of rotatable bonds is 14. The van der Waals surface area contributed by atoms with E-state index in [4.69, 9.17) is 4.74 Å². The molecule has 0 heterocycles. The van der Waals surface area contributed by atoms with Crippen LogP contribution in [0, 0.1) is 18.6 Å². The lowest BCUT2D eigenvalue weighted by molar-refractivity contribution is -0.142. The Hall–Kier alpha value is -5.55. The van der Waals surface area contributed by atoms with Crippen LogP contribution in [0.4, 0.5) is 14.5 Å². The normalized spacial score (nSPS) is 11.7. The number of carbonyl (C=O) groups is 2. The van der Waals surface area contributed by atoms with Gasteiger partial charge in [0.15, 0.2) is 6.61 Å². The van der Waals surface area contributed by atoms with E-state index in [9.17, 15) is 26.8 Å². The van der Waals surface area contributed by atoms with E-state index < -0.39 is 40.2 Å². The van der Waals surface area contributed by atoms with Gasteiger partial charge in [-0.1, -0.05) is 72.3 Å². The number of aryl methyl sites for hydroxylation is 1. The molecule has 49 heavy (non-hydrogen) atoms. The van der Waals surface area contributed by atoms with Crippen LogP contribution in [0.25, 0.3) is 0 Å². The highest BCUT2D eigenvalue weighted by atomic mass is 32.2. The number of nitrogens with one attached hydrogen (secondary N) is 2. The zero-order valence-electron chi connectivity index (χ0n) is 26.7. The van der Waals surface area contributed by atoms with Gasteiger partial charge in [0.2, 0.25) is 5.91 Å². The number of amides is 2. The van der Waals surface area contributed by atoms with Crippen molar-refractivity contribution in [3.05, 3.63) is 161 Å². The van der Waals surface area contributed by atoms with Gasteiger partial charge in [-0.05, 0) is 84.3 Å². The summed E-state index contributed by atoms with van der Waals surface area (Å²) in [6, 6.07) is 32.2. The first-order chi connectivity index (χ1) is 23.6. The van der Waals surface area contributed by atoms with Crippen LogP contribution >= 0.6 is 0 Å². The Kier molecular flexibility index (Phi) is 11.4. The van der Waals surface area contributed by atoms with Gasteiger partial charge in [0, 0.05) is 25.2 Å². The number of anilines is 1. The second-order valence-electron chi connectivity index (χ2n) is 11.4. The van der Waals surface area contributed by atoms with Crippen molar-refractivity contribution in [1.29, 1.82) is 0 Å². The monoisotopic (exact) mass is 683 g/mol. The predicted molar refractivity (Wildman–Crippen MR) is 183 cm³/mol. The molecule has 0 saturated heterocycles. The predicted octanol–water partition coefficient (Wildman–Crippen LogP) is 6.41. The second-order valence-corrected chi connectivity index (χ2v) is 13.1. The molecule has 0 fully saturated rings. The summed E-state index contributed by atoms with van der Waals surface area (Å²) in [4.78, 5) is 29.1. The van der Waals surface area contributed by atoms with Crippen molar-refractivity contribution in [1.82, 2.24) is 10.2 Å². The lowest BCUT2D eigenvalue weighted by Crippen LogP contribution is -2.51. The number of halogens is 2. The molecule has 0 aliphatic rings. The molecule has 1 atom stereocenters. The van der Waals surface area contributed by atoms with E-state index in [2.05, 4.69) is 10.0 Å². The number of hydrogen-bond acceptors (Lipinski definition) is 5. The van der Waals surface area contributed by atoms with Crippen LogP contribution in [0.3, 0.4) is 0 Å². The van der Waals surface area contributed by atoms with E-state index in [1.165, 1.54) is 53.4 Å². The van der Waals surface area contributed by atoms with Crippen molar-refractivity contribution in [3.63, 3.8) is 0 Å². The fraction of sp³-hybridized carbons (Fsp3) is 0.158. The van der Waals surface area contributed by atoms with Gasteiger partial charge in [0.05, 0.1) is 4.90 Å². The van der Waals surface area contributed by atoms with Crippen molar-refractivity contribution in [2.24, 2.45) is 0 Å². The molecular weight excluding hydrogens is 648 g/mol. The van der Waals surface area contributed by atoms with Crippen molar-refractivity contribution in [2.45, 2.75) is 37.4 Å². The van der Waals surface area contributed by atoms with E-state index in [1.54, 1.807) is 12.1 Å². The van der Waals surface area contributed by atoms with Gasteiger partial charge in [0.1, 0.15) is 23.4 Å². The molecule has 2 amide bonds. The first kappa shape index (κ1) is 34.8. The van der Waals surface area contributed by atoms with Crippen LogP contribution in [0.2, 0.25) is 0 Å². The number of ether oxygens (including phenoxy) is 1. The lowest BCUT2D eigenvalue weighted by atomic mass is 10.0. The van der Waals surface area contributed by atoms with E-state index in [0.717, 1.165) is 28.8 Å². The summed E-state index contributed by atoms with van der Waals surface area (Å²) in [5.74, 6) is -1.59. The molecule has 8 nitrogen and oxygen atoms in total. The maximum absolute atomic E-state index is 13.9. The van der Waals surface area contributed by atoms with E-state index in [1.807, 2.05) is 61.5 Å². The molecule has 0 aromatic heterocycles. The number of hydrogen-bond donors (Lipinski definition) is 2. The molecule has 0 saturated carbocycles. The molecule has 11 heteroatoms. The molecular formula is C38H35F2N3O5S. The van der Waals surface area contributed by atoms with Crippen molar-refractivity contribution in [2.75, 3.05) is 11.3 Å². The highest BCUT2D eigenvalue weighted by molar-refractivity contribution is 7.92. The Morgan fingerprint density at radius 1 is 0.735 bits per heavy atom. The van der Waals surface area contributed by atoms with Crippen LogP contribution in [0.15, 0.2) is 132 Å². The lowest BCUT2D eigenvalue weighted by Gasteiger charge is -2.31. The standard InChI is InChI=1S/C38H35F2N3O5S/c1-27-7-9-29(10-8-27)24-41-38(45)36(23-28-5-3-2-4-6-28)43(25-30-11-13-31(39)14-12-30)37(44)26-48-34-19-21-35(22-20-34)49(46,47)42-33-17-15-32(40)16-18-33/h2-22,36,42H,23-26H2,1H3,(H,41,45)/t36-/m1/s1. The maximum Gasteiger partial charge on any atom is 0.261 e. The van der Waals surface area contributed by atoms with E-state index in [0.29, 0.717) is 5.56 Å². The molecule has 0 radical (unpaired) electrons. The first-order valence-electron chi connectivity index (χ1n) is 15.5. The zero-order valence-corrected chi connectivity index (χ0v) is 27.5. The number of carbonyl (C=O) groups excluding carboxylic acids is 2. The number of sulfonamides is 1. The molecule has 0 spiro atoms. The van der Waals surface area contributed by atoms with Crippen LogP contribution < -0.4 is 14.8 Å². The molecule has 0 bridgehead atoms. The van der Waals surface area contributed by atoms with Gasteiger partial charge in [-0.25, -0.2) is 17.2 Å². The molecule has 0 aliphatic carbocycles. The molecule has 0 unspecified atom stereocenters. The number of benzene rings is 5. The van der Waals surface area contributed by atoms with Gasteiger partial charge in [-0.3, -0.25) is 14.3 Å². The van der Waals surface area contributed by atoms with Crippen LogP contribution in [0.1, 0.15) is 22.3 Å². The minimum absolute atomic E-state index is 0.00413. The van der Waals surface area contributed by atoms with Crippen molar-refractivity contribution < 1.29 is 31.5 Å². The fourth-order valence-electron chi connectivity index (χ4n) is 5.03. The molecule has 0 aliphatic heterocycles. The van der Waals surface area contributed by atoms with Gasteiger partial charge < -0.3 is 15.0 Å². The quantitative estimate of drug-likeness (QED) is 0.141. The fourth-order valence-corrected chi connectivity index (χ4v) is 6.09. The smallest absolute Gasteiger partial charge is 0.261 e. The Morgan fingerprint density at radius 3 is 1.96 bits per heavy atom. The minimum atomic E-state index is -3.98. The summed E-state index contributed by atoms with van der Waals surface area (Å²) in [6.07, 6.45) is 0.209. The summed E-state index contributed by atoms with van der Waals surface area (Å²) in [7, 11) is -3.98. The second kappa shape index (κ2) is 16.0. The van der Waals surface area contributed by atoms with Crippen molar-refractivity contribution >= 4 is 27.5 Å². The molecule has 252 valence electrons.